The van der Waals surface area contributed by atoms with Crippen LogP contribution in [0, 0.1) is 12.7 Å². The lowest BCUT2D eigenvalue weighted by atomic mass is 9.96. The van der Waals surface area contributed by atoms with Crippen molar-refractivity contribution >= 4 is 15.9 Å². The quantitative estimate of drug-likeness (QED) is 0.821. The minimum atomic E-state index is -0.0659. The number of hydrogen-bond donors (Lipinski definition) is 1. The van der Waals surface area contributed by atoms with Crippen molar-refractivity contribution in [3.05, 3.63) is 33.5 Å². The maximum Gasteiger partial charge on any atom is 0.132 e. The van der Waals surface area contributed by atoms with Crippen molar-refractivity contribution in [3.63, 3.8) is 0 Å². The van der Waals surface area contributed by atoms with Gasteiger partial charge in [-0.05, 0) is 37.9 Å². The van der Waals surface area contributed by atoms with Gasteiger partial charge in [0.05, 0.1) is 0 Å². The molecule has 1 N–H and O–H groups in total. The van der Waals surface area contributed by atoms with Gasteiger partial charge in [0.15, 0.2) is 0 Å². The molecule has 0 saturated carbocycles. The first kappa shape index (κ1) is 11.1. The Balaban J connectivity index is 2.36. The van der Waals surface area contributed by atoms with Crippen LogP contribution in [0.3, 0.4) is 0 Å². The number of rotatable bonds is 1. The van der Waals surface area contributed by atoms with Crippen molar-refractivity contribution in [3.8, 4) is 0 Å². The molecule has 1 atom stereocenters. The predicted octanol–water partition coefficient (Wildman–Crippen LogP) is 3.71. The average molecular weight is 272 g/mol. The van der Waals surface area contributed by atoms with Gasteiger partial charge in [-0.3, -0.25) is 0 Å². The van der Waals surface area contributed by atoms with E-state index >= 15 is 0 Å². The van der Waals surface area contributed by atoms with E-state index in [4.69, 9.17) is 0 Å². The molecular formula is C12H15BrFN. The molecule has 1 aliphatic heterocycles. The summed E-state index contributed by atoms with van der Waals surface area (Å²) in [5.74, 6) is -0.0659. The smallest absolute Gasteiger partial charge is 0.132 e. The van der Waals surface area contributed by atoms with E-state index < -0.39 is 0 Å². The van der Waals surface area contributed by atoms with Crippen LogP contribution in [0.2, 0.25) is 0 Å². The highest BCUT2D eigenvalue weighted by molar-refractivity contribution is 9.10. The second-order valence-corrected chi connectivity index (χ2v) is 4.95. The lowest BCUT2D eigenvalue weighted by Gasteiger charge is -2.25. The Kier molecular flexibility index (Phi) is 3.42. The molecule has 0 aromatic heterocycles. The molecular weight excluding hydrogens is 257 g/mol. The first-order chi connectivity index (χ1) is 7.20. The number of aryl methyl sites for hydroxylation is 1. The van der Waals surface area contributed by atoms with E-state index in [9.17, 15) is 4.39 Å². The van der Waals surface area contributed by atoms with Gasteiger partial charge in [-0.1, -0.05) is 28.4 Å². The van der Waals surface area contributed by atoms with Crippen LogP contribution in [0.4, 0.5) is 4.39 Å². The molecule has 1 aromatic carbocycles. The lowest BCUT2D eigenvalue weighted by Crippen LogP contribution is -2.28. The van der Waals surface area contributed by atoms with Crippen molar-refractivity contribution in [1.82, 2.24) is 5.32 Å². The average Bonchev–Trinajstić information content (AvgIpc) is 2.26. The summed E-state index contributed by atoms with van der Waals surface area (Å²) in [5, 5.41) is 3.37. The van der Waals surface area contributed by atoms with Crippen molar-refractivity contribution in [2.75, 3.05) is 6.54 Å². The Morgan fingerprint density at radius 1 is 1.40 bits per heavy atom. The van der Waals surface area contributed by atoms with Crippen LogP contribution >= 0.6 is 15.9 Å². The van der Waals surface area contributed by atoms with Crippen molar-refractivity contribution < 1.29 is 4.39 Å². The molecule has 1 heterocycles. The van der Waals surface area contributed by atoms with Crippen LogP contribution in [0.1, 0.15) is 36.4 Å². The van der Waals surface area contributed by atoms with E-state index in [1.165, 1.54) is 12.8 Å². The third-order valence-corrected chi connectivity index (χ3v) is 3.67. The van der Waals surface area contributed by atoms with Crippen LogP contribution in [0.5, 0.6) is 0 Å². The molecule has 1 aliphatic rings. The van der Waals surface area contributed by atoms with E-state index in [1.807, 2.05) is 19.1 Å². The Labute approximate surface area is 98.2 Å². The summed E-state index contributed by atoms with van der Waals surface area (Å²) in [6, 6.07) is 3.92. The van der Waals surface area contributed by atoms with Gasteiger partial charge in [0, 0.05) is 16.1 Å². The summed E-state index contributed by atoms with van der Waals surface area (Å²) in [7, 11) is 0. The Morgan fingerprint density at radius 2 is 2.20 bits per heavy atom. The minimum absolute atomic E-state index is 0.0659. The molecule has 15 heavy (non-hydrogen) atoms. The van der Waals surface area contributed by atoms with Gasteiger partial charge in [0.1, 0.15) is 5.82 Å². The highest BCUT2D eigenvalue weighted by Crippen LogP contribution is 2.32. The zero-order chi connectivity index (χ0) is 10.8. The molecule has 1 unspecified atom stereocenters. The van der Waals surface area contributed by atoms with Gasteiger partial charge in [-0.25, -0.2) is 4.39 Å². The number of nitrogens with one attached hydrogen (secondary N) is 1. The molecule has 2 rings (SSSR count). The lowest BCUT2D eigenvalue weighted by molar-refractivity contribution is 0.398. The minimum Gasteiger partial charge on any atom is -0.310 e. The molecule has 0 bridgehead atoms. The van der Waals surface area contributed by atoms with Gasteiger partial charge in [-0.2, -0.15) is 0 Å². The fourth-order valence-corrected chi connectivity index (χ4v) is 2.68. The standard InChI is InChI=1S/C12H15BrFN/c1-8-5-6-9(13)11(12(8)14)10-4-2-3-7-15-10/h5-6,10,15H,2-4,7H2,1H3. The predicted molar refractivity (Wildman–Crippen MR) is 63.4 cm³/mol. The van der Waals surface area contributed by atoms with E-state index in [0.29, 0.717) is 0 Å². The molecule has 0 radical (unpaired) electrons. The fourth-order valence-electron chi connectivity index (χ4n) is 2.10. The topological polar surface area (TPSA) is 12.0 Å². The molecule has 0 spiro atoms. The molecule has 0 aliphatic carbocycles. The molecule has 0 amide bonds. The maximum atomic E-state index is 14.0. The number of hydrogen-bond acceptors (Lipinski definition) is 1. The third-order valence-electron chi connectivity index (χ3n) is 2.98. The first-order valence-corrected chi connectivity index (χ1v) is 6.17. The fraction of sp³-hybridized carbons (Fsp3) is 0.500. The summed E-state index contributed by atoms with van der Waals surface area (Å²) < 4.78 is 14.9. The number of halogens is 2. The Hall–Kier alpha value is -0.410. The second-order valence-electron chi connectivity index (χ2n) is 4.09. The molecule has 1 saturated heterocycles. The van der Waals surface area contributed by atoms with Crippen LogP contribution in [-0.4, -0.2) is 6.54 Å². The summed E-state index contributed by atoms with van der Waals surface area (Å²) >= 11 is 3.44. The summed E-state index contributed by atoms with van der Waals surface area (Å²) in [6.45, 7) is 2.80. The maximum absolute atomic E-state index is 14.0. The van der Waals surface area contributed by atoms with Crippen molar-refractivity contribution in [2.24, 2.45) is 0 Å². The second kappa shape index (κ2) is 4.62. The summed E-state index contributed by atoms with van der Waals surface area (Å²) in [6.07, 6.45) is 3.40. The van der Waals surface area contributed by atoms with E-state index in [0.717, 1.165) is 28.6 Å². The zero-order valence-corrected chi connectivity index (χ0v) is 10.4. The molecule has 1 nitrogen and oxygen atoms in total. The molecule has 1 aromatic rings. The van der Waals surface area contributed by atoms with Crippen LogP contribution in [0.15, 0.2) is 16.6 Å². The van der Waals surface area contributed by atoms with Crippen molar-refractivity contribution in [2.45, 2.75) is 32.2 Å². The largest absolute Gasteiger partial charge is 0.310 e. The van der Waals surface area contributed by atoms with E-state index in [1.54, 1.807) is 0 Å². The Bertz CT molecular complexity index is 359. The van der Waals surface area contributed by atoms with Gasteiger partial charge in [-0.15, -0.1) is 0 Å². The number of benzene rings is 1. The summed E-state index contributed by atoms with van der Waals surface area (Å²) in [4.78, 5) is 0. The van der Waals surface area contributed by atoms with E-state index in [2.05, 4.69) is 21.2 Å². The zero-order valence-electron chi connectivity index (χ0n) is 8.82. The summed E-state index contributed by atoms with van der Waals surface area (Å²) in [5.41, 5.74) is 1.52. The van der Waals surface area contributed by atoms with Crippen molar-refractivity contribution in [1.29, 1.82) is 0 Å². The SMILES string of the molecule is Cc1ccc(Br)c(C2CCCCN2)c1F. The van der Waals surface area contributed by atoms with Crippen LogP contribution in [0.25, 0.3) is 0 Å². The monoisotopic (exact) mass is 271 g/mol. The van der Waals surface area contributed by atoms with Gasteiger partial charge >= 0.3 is 0 Å². The van der Waals surface area contributed by atoms with Crippen LogP contribution < -0.4 is 5.32 Å². The Morgan fingerprint density at radius 3 is 2.87 bits per heavy atom. The molecule has 1 fully saturated rings. The van der Waals surface area contributed by atoms with E-state index in [-0.39, 0.29) is 11.9 Å². The highest BCUT2D eigenvalue weighted by Gasteiger charge is 2.21. The van der Waals surface area contributed by atoms with Gasteiger partial charge < -0.3 is 5.32 Å². The number of piperidine rings is 1. The third kappa shape index (κ3) is 2.23. The normalized spacial score (nSPS) is 21.7. The van der Waals surface area contributed by atoms with Gasteiger partial charge in [0.2, 0.25) is 0 Å². The molecule has 82 valence electrons. The first-order valence-electron chi connectivity index (χ1n) is 5.38. The molecule has 3 heteroatoms. The van der Waals surface area contributed by atoms with Crippen LogP contribution in [-0.2, 0) is 0 Å². The van der Waals surface area contributed by atoms with Gasteiger partial charge in [0.25, 0.3) is 0 Å². The highest BCUT2D eigenvalue weighted by atomic mass is 79.9.